The molecule has 144 valence electrons. The van der Waals surface area contributed by atoms with Crippen molar-refractivity contribution in [3.05, 3.63) is 77.2 Å². The molecule has 0 N–H and O–H groups in total. The normalized spacial score (nSPS) is 16.3. The molecule has 0 spiro atoms. The number of likely N-dealkylation sites (tertiary alicyclic amines) is 1. The van der Waals surface area contributed by atoms with Crippen molar-refractivity contribution in [3.63, 3.8) is 0 Å². The van der Waals surface area contributed by atoms with Crippen molar-refractivity contribution in [2.45, 2.75) is 25.3 Å². The third kappa shape index (κ3) is 4.34. The number of carbonyl (C=O) groups is 1. The predicted octanol–water partition coefficient (Wildman–Crippen LogP) is 4.06. The molecule has 7 heteroatoms. The third-order valence-electron chi connectivity index (χ3n) is 4.72. The van der Waals surface area contributed by atoms with Gasteiger partial charge in [-0.3, -0.25) is 9.78 Å². The van der Waals surface area contributed by atoms with Gasteiger partial charge < -0.3 is 14.1 Å². The molecule has 0 bridgehead atoms. The van der Waals surface area contributed by atoms with Crippen molar-refractivity contribution in [3.8, 4) is 5.75 Å². The van der Waals surface area contributed by atoms with Gasteiger partial charge in [0.25, 0.3) is 5.91 Å². The summed E-state index contributed by atoms with van der Waals surface area (Å²) in [6.45, 7) is 0.648. The zero-order chi connectivity index (χ0) is 19.3. The number of amides is 1. The second-order valence-electron chi connectivity index (χ2n) is 6.69. The molecule has 0 radical (unpaired) electrons. The molecule has 0 unspecified atom stereocenters. The Hall–Kier alpha value is -2.86. The number of halogens is 1. The maximum Gasteiger partial charge on any atom is 0.261 e. The van der Waals surface area contributed by atoms with Crippen molar-refractivity contribution >= 4 is 17.5 Å². The van der Waals surface area contributed by atoms with Gasteiger partial charge in [-0.05, 0) is 42.7 Å². The van der Waals surface area contributed by atoms with Gasteiger partial charge in [0, 0.05) is 24.2 Å². The molecule has 1 atom stereocenters. The average Bonchev–Trinajstić information content (AvgIpc) is 3.38. The van der Waals surface area contributed by atoms with Crippen molar-refractivity contribution in [1.29, 1.82) is 0 Å². The van der Waals surface area contributed by atoms with Gasteiger partial charge in [-0.15, -0.1) is 0 Å². The number of aromatic nitrogens is 2. The minimum absolute atomic E-state index is 0.0272. The number of hydrogen-bond acceptors (Lipinski definition) is 5. The van der Waals surface area contributed by atoms with E-state index in [1.54, 1.807) is 35.6 Å². The van der Waals surface area contributed by atoms with Crippen LogP contribution >= 0.6 is 11.6 Å². The number of carbonyl (C=O) groups excluding carboxylic acids is 1. The van der Waals surface area contributed by atoms with E-state index in [9.17, 15) is 4.79 Å². The number of pyridine rings is 1. The first-order valence-corrected chi connectivity index (χ1v) is 9.58. The van der Waals surface area contributed by atoms with Crippen LogP contribution in [0.25, 0.3) is 0 Å². The lowest BCUT2D eigenvalue weighted by Gasteiger charge is -2.22. The summed E-state index contributed by atoms with van der Waals surface area (Å²) in [5.41, 5.74) is 1.09. The smallest absolute Gasteiger partial charge is 0.261 e. The Balaban J connectivity index is 1.39. The van der Waals surface area contributed by atoms with Gasteiger partial charge in [0.05, 0.1) is 12.4 Å². The molecule has 1 aliphatic rings. The molecular formula is C21H20ClN3O3. The van der Waals surface area contributed by atoms with E-state index in [-0.39, 0.29) is 18.6 Å². The van der Waals surface area contributed by atoms with Crippen LogP contribution in [0.2, 0.25) is 5.02 Å². The Morgan fingerprint density at radius 3 is 2.89 bits per heavy atom. The SMILES string of the molecule is O=C(COc1cccnc1)N1CCC[C@H]1c1ncc(Cc2ccc(Cl)cc2)o1. The van der Waals surface area contributed by atoms with Gasteiger partial charge in [-0.2, -0.15) is 0 Å². The minimum Gasteiger partial charge on any atom is -0.482 e. The second-order valence-corrected chi connectivity index (χ2v) is 7.13. The number of nitrogens with zero attached hydrogens (tertiary/aromatic N) is 3. The van der Waals surface area contributed by atoms with Gasteiger partial charge in [0.2, 0.25) is 5.89 Å². The minimum atomic E-state index is -0.149. The van der Waals surface area contributed by atoms with Gasteiger partial charge in [-0.25, -0.2) is 4.98 Å². The summed E-state index contributed by atoms with van der Waals surface area (Å²) in [5.74, 6) is 1.84. The van der Waals surface area contributed by atoms with Crippen LogP contribution < -0.4 is 4.74 Å². The van der Waals surface area contributed by atoms with E-state index in [4.69, 9.17) is 20.8 Å². The highest BCUT2D eigenvalue weighted by Gasteiger charge is 2.33. The number of ether oxygens (including phenoxy) is 1. The summed E-state index contributed by atoms with van der Waals surface area (Å²) < 4.78 is 11.5. The van der Waals surface area contributed by atoms with Crippen LogP contribution in [0.5, 0.6) is 5.75 Å². The van der Waals surface area contributed by atoms with Crippen LogP contribution in [0.3, 0.4) is 0 Å². The monoisotopic (exact) mass is 397 g/mol. The van der Waals surface area contributed by atoms with E-state index in [1.165, 1.54) is 0 Å². The fraction of sp³-hybridized carbons (Fsp3) is 0.286. The topological polar surface area (TPSA) is 68.5 Å². The van der Waals surface area contributed by atoms with Gasteiger partial charge in [-0.1, -0.05) is 23.7 Å². The van der Waals surface area contributed by atoms with E-state index in [0.29, 0.717) is 29.6 Å². The predicted molar refractivity (Wildman–Crippen MR) is 104 cm³/mol. The molecule has 6 nitrogen and oxygen atoms in total. The summed E-state index contributed by atoms with van der Waals surface area (Å²) >= 11 is 5.93. The Labute approximate surface area is 168 Å². The molecule has 3 heterocycles. The molecule has 1 aliphatic heterocycles. The van der Waals surface area contributed by atoms with Gasteiger partial charge in [0.15, 0.2) is 6.61 Å². The van der Waals surface area contributed by atoms with Crippen LogP contribution in [0, 0.1) is 0 Å². The van der Waals surface area contributed by atoms with Crippen molar-refractivity contribution in [1.82, 2.24) is 14.9 Å². The summed E-state index contributed by atoms with van der Waals surface area (Å²) in [5, 5.41) is 0.704. The summed E-state index contributed by atoms with van der Waals surface area (Å²) in [6, 6.07) is 11.0. The van der Waals surface area contributed by atoms with Crippen molar-refractivity contribution in [2.75, 3.05) is 13.2 Å². The quantitative estimate of drug-likeness (QED) is 0.627. The molecule has 28 heavy (non-hydrogen) atoms. The first kappa shape index (κ1) is 18.5. The van der Waals surface area contributed by atoms with E-state index in [0.717, 1.165) is 24.2 Å². The lowest BCUT2D eigenvalue weighted by atomic mass is 10.1. The zero-order valence-electron chi connectivity index (χ0n) is 15.3. The Morgan fingerprint density at radius 2 is 2.11 bits per heavy atom. The number of hydrogen-bond donors (Lipinski definition) is 0. The molecule has 1 amide bonds. The summed E-state index contributed by atoms with van der Waals surface area (Å²) in [6.07, 6.45) is 7.37. The van der Waals surface area contributed by atoms with E-state index in [2.05, 4.69) is 9.97 Å². The molecule has 0 saturated carbocycles. The lowest BCUT2D eigenvalue weighted by molar-refractivity contribution is -0.134. The number of benzene rings is 1. The van der Waals surface area contributed by atoms with E-state index in [1.807, 2.05) is 24.3 Å². The van der Waals surface area contributed by atoms with E-state index < -0.39 is 0 Å². The molecule has 3 aromatic rings. The molecule has 4 rings (SSSR count). The lowest BCUT2D eigenvalue weighted by Crippen LogP contribution is -2.34. The van der Waals surface area contributed by atoms with E-state index >= 15 is 0 Å². The Kier molecular flexibility index (Phi) is 5.58. The first-order chi connectivity index (χ1) is 13.7. The summed E-state index contributed by atoms with van der Waals surface area (Å²) in [4.78, 5) is 22.8. The van der Waals surface area contributed by atoms with Crippen LogP contribution in [-0.4, -0.2) is 33.9 Å². The third-order valence-corrected chi connectivity index (χ3v) is 4.97. The zero-order valence-corrected chi connectivity index (χ0v) is 16.0. The highest BCUT2D eigenvalue weighted by Crippen LogP contribution is 2.32. The standard InChI is InChI=1S/C21H20ClN3O3/c22-16-7-5-15(6-8-16)11-18-13-24-21(28-18)19-4-2-10-25(19)20(26)14-27-17-3-1-9-23-12-17/h1,3,5-9,12-13,19H,2,4,10-11,14H2/t19-/m0/s1. The fourth-order valence-electron chi connectivity index (χ4n) is 3.34. The highest BCUT2D eigenvalue weighted by atomic mass is 35.5. The number of oxazole rings is 1. The molecule has 0 aliphatic carbocycles. The molecule has 2 aromatic heterocycles. The first-order valence-electron chi connectivity index (χ1n) is 9.20. The Bertz CT molecular complexity index is 928. The van der Waals surface area contributed by atoms with Crippen LogP contribution in [0.4, 0.5) is 0 Å². The largest absolute Gasteiger partial charge is 0.482 e. The van der Waals surface area contributed by atoms with Crippen molar-refractivity contribution < 1.29 is 13.9 Å². The van der Waals surface area contributed by atoms with Crippen LogP contribution in [0.1, 0.15) is 36.1 Å². The highest BCUT2D eigenvalue weighted by molar-refractivity contribution is 6.30. The maximum atomic E-state index is 12.6. The van der Waals surface area contributed by atoms with Crippen molar-refractivity contribution in [2.24, 2.45) is 0 Å². The number of rotatable bonds is 6. The molecule has 1 fully saturated rings. The molecular weight excluding hydrogens is 378 g/mol. The van der Waals surface area contributed by atoms with Crippen LogP contribution in [-0.2, 0) is 11.2 Å². The second kappa shape index (κ2) is 8.44. The van der Waals surface area contributed by atoms with Gasteiger partial charge in [0.1, 0.15) is 17.6 Å². The molecule has 1 saturated heterocycles. The Morgan fingerprint density at radius 1 is 1.25 bits per heavy atom. The average molecular weight is 398 g/mol. The van der Waals surface area contributed by atoms with Gasteiger partial charge >= 0.3 is 0 Å². The molecule has 1 aromatic carbocycles. The fourth-order valence-corrected chi connectivity index (χ4v) is 3.47. The maximum absolute atomic E-state index is 12.6. The van der Waals surface area contributed by atoms with Crippen LogP contribution in [0.15, 0.2) is 59.4 Å². The summed E-state index contributed by atoms with van der Waals surface area (Å²) in [7, 11) is 0.